The summed E-state index contributed by atoms with van der Waals surface area (Å²) < 4.78 is 44.2. The summed E-state index contributed by atoms with van der Waals surface area (Å²) in [5.74, 6) is -0.0881. The van der Waals surface area contributed by atoms with Gasteiger partial charge in [-0.3, -0.25) is 4.79 Å². The van der Waals surface area contributed by atoms with Crippen LogP contribution in [0.2, 0.25) is 5.02 Å². The van der Waals surface area contributed by atoms with E-state index in [0.29, 0.717) is 13.1 Å². The van der Waals surface area contributed by atoms with Gasteiger partial charge < -0.3 is 25.6 Å². The van der Waals surface area contributed by atoms with Crippen molar-refractivity contribution in [1.82, 2.24) is 10.2 Å². The molecule has 0 saturated heterocycles. The Labute approximate surface area is 195 Å². The van der Waals surface area contributed by atoms with Crippen LogP contribution >= 0.6 is 11.6 Å². The van der Waals surface area contributed by atoms with Crippen molar-refractivity contribution in [3.05, 3.63) is 52.5 Å². The number of nitrogens with one attached hydrogen (secondary N) is 3. The summed E-state index contributed by atoms with van der Waals surface area (Å²) in [7, 11) is 1.39. The first kappa shape index (κ1) is 26.3. The molecule has 2 rings (SSSR count). The third-order valence-electron chi connectivity index (χ3n) is 4.84. The lowest BCUT2D eigenvalue weighted by Crippen LogP contribution is -2.34. The molecule has 0 aliphatic heterocycles. The van der Waals surface area contributed by atoms with E-state index in [1.165, 1.54) is 31.4 Å². The molecule has 11 heteroatoms. The Kier molecular flexibility index (Phi) is 9.36. The quantitative estimate of drug-likeness (QED) is 0.461. The number of urea groups is 1. The van der Waals surface area contributed by atoms with Crippen molar-refractivity contribution >= 4 is 34.9 Å². The minimum atomic E-state index is -4.65. The van der Waals surface area contributed by atoms with Gasteiger partial charge in [-0.15, -0.1) is 0 Å². The van der Waals surface area contributed by atoms with E-state index in [9.17, 15) is 22.8 Å². The first-order valence-electron chi connectivity index (χ1n) is 10.2. The molecule has 0 heterocycles. The lowest BCUT2D eigenvalue weighted by Gasteiger charge is -2.18. The van der Waals surface area contributed by atoms with Crippen LogP contribution < -0.4 is 20.7 Å². The fraction of sp³-hybridized carbons (Fsp3) is 0.364. The molecule has 0 radical (unpaired) electrons. The second-order valence-electron chi connectivity index (χ2n) is 6.97. The van der Waals surface area contributed by atoms with E-state index in [-0.39, 0.29) is 28.6 Å². The first-order chi connectivity index (χ1) is 15.6. The number of rotatable bonds is 9. The van der Waals surface area contributed by atoms with Crippen LogP contribution in [0.3, 0.4) is 0 Å². The zero-order valence-electron chi connectivity index (χ0n) is 18.5. The number of ether oxygens (including phenoxy) is 1. The van der Waals surface area contributed by atoms with Crippen molar-refractivity contribution in [3.63, 3.8) is 0 Å². The zero-order chi connectivity index (χ0) is 24.6. The molecule has 0 fully saturated rings. The van der Waals surface area contributed by atoms with Crippen molar-refractivity contribution in [2.45, 2.75) is 20.0 Å². The number of carbonyl (C=O) groups excluding carboxylic acids is 2. The normalized spacial score (nSPS) is 11.3. The fourth-order valence-electron chi connectivity index (χ4n) is 3.03. The summed E-state index contributed by atoms with van der Waals surface area (Å²) in [5, 5.41) is 7.17. The highest BCUT2D eigenvalue weighted by Gasteiger charge is 2.33. The number of amides is 3. The number of nitrogens with zero attached hydrogens (tertiary/aromatic N) is 1. The van der Waals surface area contributed by atoms with E-state index < -0.39 is 22.8 Å². The summed E-state index contributed by atoms with van der Waals surface area (Å²) in [5.41, 5.74) is -0.565. The van der Waals surface area contributed by atoms with Crippen LogP contribution in [-0.4, -0.2) is 50.1 Å². The molecular weight excluding hydrogens is 461 g/mol. The summed E-state index contributed by atoms with van der Waals surface area (Å²) >= 11 is 5.59. The van der Waals surface area contributed by atoms with Gasteiger partial charge in [-0.05, 0) is 43.4 Å². The van der Waals surface area contributed by atoms with Crippen molar-refractivity contribution < 1.29 is 27.5 Å². The molecule has 0 aromatic heterocycles. The number of hydrogen-bond acceptors (Lipinski definition) is 4. The summed E-state index contributed by atoms with van der Waals surface area (Å²) in [6.07, 6.45) is -4.65. The Morgan fingerprint density at radius 3 is 2.21 bits per heavy atom. The summed E-state index contributed by atoms with van der Waals surface area (Å²) in [4.78, 5) is 26.9. The topological polar surface area (TPSA) is 82.7 Å². The van der Waals surface area contributed by atoms with E-state index in [4.69, 9.17) is 16.3 Å². The van der Waals surface area contributed by atoms with Gasteiger partial charge in [0.15, 0.2) is 0 Å². The smallest absolute Gasteiger partial charge is 0.417 e. The number of carbonyl (C=O) groups is 2. The average molecular weight is 487 g/mol. The van der Waals surface area contributed by atoms with Crippen LogP contribution in [0, 0.1) is 0 Å². The number of halogens is 4. The van der Waals surface area contributed by atoms with E-state index in [1.807, 2.05) is 13.8 Å². The third kappa shape index (κ3) is 7.54. The molecule has 0 spiro atoms. The predicted molar refractivity (Wildman–Crippen MR) is 122 cm³/mol. The van der Waals surface area contributed by atoms with Gasteiger partial charge in [0.1, 0.15) is 5.75 Å². The second kappa shape index (κ2) is 11.8. The predicted octanol–water partition coefficient (Wildman–Crippen LogP) is 5.08. The van der Waals surface area contributed by atoms with Gasteiger partial charge in [-0.25, -0.2) is 4.79 Å². The van der Waals surface area contributed by atoms with Crippen LogP contribution in [0.15, 0.2) is 36.4 Å². The number of hydrogen-bond donors (Lipinski definition) is 3. The Morgan fingerprint density at radius 1 is 1.03 bits per heavy atom. The molecule has 0 bridgehead atoms. The lowest BCUT2D eigenvalue weighted by molar-refractivity contribution is -0.137. The molecule has 33 heavy (non-hydrogen) atoms. The number of benzene rings is 2. The van der Waals surface area contributed by atoms with Crippen molar-refractivity contribution in [2.75, 3.05) is 43.9 Å². The molecule has 2 aromatic rings. The van der Waals surface area contributed by atoms with E-state index in [0.717, 1.165) is 25.2 Å². The number of likely N-dealkylation sites (N-methyl/N-ethyl adjacent to an activating group) is 1. The fourth-order valence-corrected chi connectivity index (χ4v) is 3.26. The molecule has 7 nitrogen and oxygen atoms in total. The number of anilines is 2. The Hall–Kier alpha value is -2.98. The average Bonchev–Trinajstić information content (AvgIpc) is 2.77. The van der Waals surface area contributed by atoms with Gasteiger partial charge in [0.05, 0.1) is 23.3 Å². The maximum absolute atomic E-state index is 13.0. The van der Waals surface area contributed by atoms with Crippen LogP contribution in [0.25, 0.3) is 0 Å². The Morgan fingerprint density at radius 2 is 1.64 bits per heavy atom. The molecule has 0 aliphatic rings. The molecular formula is C22H26ClF3N4O3. The molecule has 2 aromatic carbocycles. The van der Waals surface area contributed by atoms with Gasteiger partial charge in [0, 0.05) is 30.5 Å². The van der Waals surface area contributed by atoms with Gasteiger partial charge in [-0.1, -0.05) is 25.4 Å². The molecule has 0 unspecified atom stereocenters. The highest BCUT2D eigenvalue weighted by Crippen LogP contribution is 2.36. The Balaban J connectivity index is 2.04. The minimum absolute atomic E-state index is 0.0830. The van der Waals surface area contributed by atoms with Gasteiger partial charge in [0.2, 0.25) is 0 Å². The van der Waals surface area contributed by atoms with Crippen molar-refractivity contribution in [3.8, 4) is 5.75 Å². The molecule has 3 amide bonds. The van der Waals surface area contributed by atoms with E-state index in [2.05, 4.69) is 20.9 Å². The van der Waals surface area contributed by atoms with Crippen molar-refractivity contribution in [1.29, 1.82) is 0 Å². The standard InChI is InChI=1S/C22H26ClF3N4O3/c1-4-30(5-2)11-10-27-20(31)16-8-6-15(13-19(16)33-3)29-21(32)28-14-7-9-18(23)17(12-14)22(24,25)26/h6-9,12-13H,4-5,10-11H2,1-3H3,(H,27,31)(H2,28,29,32). The Bertz CT molecular complexity index is 982. The lowest BCUT2D eigenvalue weighted by atomic mass is 10.1. The zero-order valence-corrected chi connectivity index (χ0v) is 19.2. The SMILES string of the molecule is CCN(CC)CCNC(=O)c1ccc(NC(=O)Nc2ccc(Cl)c(C(F)(F)F)c2)cc1OC. The molecule has 3 N–H and O–H groups in total. The monoisotopic (exact) mass is 486 g/mol. The highest BCUT2D eigenvalue weighted by molar-refractivity contribution is 6.31. The molecule has 180 valence electrons. The van der Waals surface area contributed by atoms with E-state index in [1.54, 1.807) is 0 Å². The number of alkyl halides is 3. The van der Waals surface area contributed by atoms with Crippen LogP contribution in [0.5, 0.6) is 5.75 Å². The highest BCUT2D eigenvalue weighted by atomic mass is 35.5. The number of methoxy groups -OCH3 is 1. The van der Waals surface area contributed by atoms with Crippen LogP contribution in [-0.2, 0) is 6.18 Å². The first-order valence-corrected chi connectivity index (χ1v) is 10.6. The molecule has 0 atom stereocenters. The second-order valence-corrected chi connectivity index (χ2v) is 7.38. The summed E-state index contributed by atoms with van der Waals surface area (Å²) in [6, 6.07) is 6.70. The van der Waals surface area contributed by atoms with Crippen molar-refractivity contribution in [2.24, 2.45) is 0 Å². The van der Waals surface area contributed by atoms with Gasteiger partial charge in [-0.2, -0.15) is 13.2 Å². The largest absolute Gasteiger partial charge is 0.496 e. The summed E-state index contributed by atoms with van der Waals surface area (Å²) in [6.45, 7) is 7.02. The van der Waals surface area contributed by atoms with Gasteiger partial charge >= 0.3 is 12.2 Å². The third-order valence-corrected chi connectivity index (χ3v) is 5.17. The van der Waals surface area contributed by atoms with E-state index >= 15 is 0 Å². The maximum Gasteiger partial charge on any atom is 0.417 e. The van der Waals surface area contributed by atoms with Crippen LogP contribution in [0.4, 0.5) is 29.3 Å². The maximum atomic E-state index is 13.0. The van der Waals surface area contributed by atoms with Crippen LogP contribution in [0.1, 0.15) is 29.8 Å². The van der Waals surface area contributed by atoms with Gasteiger partial charge in [0.25, 0.3) is 5.91 Å². The minimum Gasteiger partial charge on any atom is -0.496 e. The molecule has 0 aliphatic carbocycles. The molecule has 0 saturated carbocycles.